The van der Waals surface area contributed by atoms with Gasteiger partial charge in [0.2, 0.25) is 5.78 Å². The van der Waals surface area contributed by atoms with Crippen LogP contribution in [-0.4, -0.2) is 37.0 Å². The molecule has 1 aromatic carbocycles. The minimum absolute atomic E-state index is 0.00466. The van der Waals surface area contributed by atoms with Crippen LogP contribution in [0.1, 0.15) is 35.1 Å². The van der Waals surface area contributed by atoms with Crippen molar-refractivity contribution in [3.8, 4) is 0 Å². The molecule has 2 unspecified atom stereocenters. The second-order valence-corrected chi connectivity index (χ2v) is 6.81. The van der Waals surface area contributed by atoms with E-state index in [1.807, 2.05) is 36.6 Å². The van der Waals surface area contributed by atoms with Gasteiger partial charge in [-0.25, -0.2) is 14.4 Å². The van der Waals surface area contributed by atoms with E-state index in [-0.39, 0.29) is 11.9 Å². The third-order valence-corrected chi connectivity index (χ3v) is 4.84. The van der Waals surface area contributed by atoms with Gasteiger partial charge in [0.25, 0.3) is 0 Å². The molecular formula is C19H21FN4O. The van der Waals surface area contributed by atoms with Crippen LogP contribution in [0.4, 0.5) is 4.39 Å². The number of aryl methyl sites for hydroxylation is 2. The summed E-state index contributed by atoms with van der Waals surface area (Å²) in [6, 6.07) is 8.67. The molecule has 6 heteroatoms. The van der Waals surface area contributed by atoms with Gasteiger partial charge in [0.05, 0.1) is 18.0 Å². The average Bonchev–Trinajstić information content (AvgIpc) is 3.11. The Hall–Kier alpha value is -2.31. The summed E-state index contributed by atoms with van der Waals surface area (Å²) in [5.41, 5.74) is 3.94. The molecule has 130 valence electrons. The van der Waals surface area contributed by atoms with Crippen LogP contribution in [-0.2, 0) is 6.54 Å². The highest BCUT2D eigenvalue weighted by atomic mass is 19.1. The first-order valence-electron chi connectivity index (χ1n) is 8.49. The summed E-state index contributed by atoms with van der Waals surface area (Å²) < 4.78 is 15.7. The van der Waals surface area contributed by atoms with Gasteiger partial charge in [0.15, 0.2) is 0 Å². The molecule has 5 nitrogen and oxygen atoms in total. The number of benzene rings is 1. The van der Waals surface area contributed by atoms with Gasteiger partial charge < -0.3 is 5.11 Å². The van der Waals surface area contributed by atoms with Gasteiger partial charge in [-0.15, -0.1) is 0 Å². The largest absolute Gasteiger partial charge is 0.392 e. The predicted octanol–water partition coefficient (Wildman–Crippen LogP) is 2.79. The second-order valence-electron chi connectivity index (χ2n) is 6.81. The number of imidazole rings is 1. The molecule has 0 amide bonds. The molecule has 2 atom stereocenters. The molecule has 0 aliphatic carbocycles. The summed E-state index contributed by atoms with van der Waals surface area (Å²) in [5.74, 6) is 0.443. The molecule has 1 aliphatic heterocycles. The van der Waals surface area contributed by atoms with Gasteiger partial charge in [-0.05, 0) is 44.0 Å². The normalized spacial score (nSPS) is 21.3. The smallest absolute Gasteiger partial charge is 0.234 e. The van der Waals surface area contributed by atoms with Crippen molar-refractivity contribution in [3.05, 3.63) is 65.0 Å². The number of aromatic nitrogens is 3. The molecule has 1 aliphatic rings. The molecular weight excluding hydrogens is 319 g/mol. The van der Waals surface area contributed by atoms with Crippen molar-refractivity contribution in [1.29, 1.82) is 0 Å². The summed E-state index contributed by atoms with van der Waals surface area (Å²) in [7, 11) is 0. The lowest BCUT2D eigenvalue weighted by atomic mass is 10.0. The summed E-state index contributed by atoms with van der Waals surface area (Å²) in [6.45, 7) is 5.19. The Labute approximate surface area is 145 Å². The molecule has 1 N–H and O–H groups in total. The standard InChI is InChI=1S/C19H21FN4O/c1-12-6-13(2)24-16(9-21-19(24)22-12)10-23-11-17(25)8-18(23)14-4-3-5-15(20)7-14/h3-7,9,17-18,25H,8,10-11H2,1-2H3. The fourth-order valence-corrected chi connectivity index (χ4v) is 3.83. The topological polar surface area (TPSA) is 53.7 Å². The Morgan fingerprint density at radius 3 is 2.92 bits per heavy atom. The molecule has 4 rings (SSSR count). The third-order valence-electron chi connectivity index (χ3n) is 4.84. The molecule has 3 aromatic rings. The van der Waals surface area contributed by atoms with Crippen molar-refractivity contribution in [2.75, 3.05) is 6.54 Å². The lowest BCUT2D eigenvalue weighted by Crippen LogP contribution is -2.25. The zero-order valence-electron chi connectivity index (χ0n) is 14.4. The molecule has 2 aromatic heterocycles. The number of aliphatic hydroxyl groups is 1. The van der Waals surface area contributed by atoms with E-state index >= 15 is 0 Å². The van der Waals surface area contributed by atoms with Crippen LogP contribution in [0.2, 0.25) is 0 Å². The minimum Gasteiger partial charge on any atom is -0.392 e. The van der Waals surface area contributed by atoms with Crippen LogP contribution in [0.5, 0.6) is 0 Å². The van der Waals surface area contributed by atoms with Crippen molar-refractivity contribution in [2.45, 2.75) is 39.0 Å². The number of β-amino-alcohol motifs (C(OH)–C–C–N with tert-alkyl or cyclic N) is 1. The van der Waals surface area contributed by atoms with Gasteiger partial charge >= 0.3 is 0 Å². The van der Waals surface area contributed by atoms with Crippen LogP contribution >= 0.6 is 0 Å². The Balaban J connectivity index is 1.67. The van der Waals surface area contributed by atoms with E-state index < -0.39 is 6.10 Å². The molecule has 1 saturated heterocycles. The highest BCUT2D eigenvalue weighted by Gasteiger charge is 2.32. The van der Waals surface area contributed by atoms with Gasteiger partial charge in [-0.3, -0.25) is 9.30 Å². The summed E-state index contributed by atoms with van der Waals surface area (Å²) >= 11 is 0. The van der Waals surface area contributed by atoms with Crippen molar-refractivity contribution in [1.82, 2.24) is 19.3 Å². The Morgan fingerprint density at radius 2 is 2.12 bits per heavy atom. The van der Waals surface area contributed by atoms with Crippen LogP contribution in [0.25, 0.3) is 5.78 Å². The van der Waals surface area contributed by atoms with Crippen LogP contribution < -0.4 is 0 Å². The Bertz CT molecular complexity index is 923. The van der Waals surface area contributed by atoms with E-state index in [1.165, 1.54) is 6.07 Å². The number of likely N-dealkylation sites (tertiary alicyclic amines) is 1. The Morgan fingerprint density at radius 1 is 1.28 bits per heavy atom. The van der Waals surface area contributed by atoms with Crippen molar-refractivity contribution in [3.63, 3.8) is 0 Å². The summed E-state index contributed by atoms with van der Waals surface area (Å²) in [4.78, 5) is 11.1. The van der Waals surface area contributed by atoms with Gasteiger partial charge in [0, 0.05) is 30.5 Å². The first-order valence-corrected chi connectivity index (χ1v) is 8.49. The van der Waals surface area contributed by atoms with Crippen LogP contribution in [0.15, 0.2) is 36.5 Å². The van der Waals surface area contributed by atoms with E-state index in [1.54, 1.807) is 12.1 Å². The van der Waals surface area contributed by atoms with Gasteiger partial charge in [-0.1, -0.05) is 12.1 Å². The lowest BCUT2D eigenvalue weighted by Gasteiger charge is -2.24. The second kappa shape index (κ2) is 6.20. The van der Waals surface area contributed by atoms with Crippen molar-refractivity contribution < 1.29 is 9.50 Å². The first-order chi connectivity index (χ1) is 12.0. The molecule has 0 bridgehead atoms. The van der Waals surface area contributed by atoms with Crippen molar-refractivity contribution in [2.24, 2.45) is 0 Å². The molecule has 1 fully saturated rings. The molecule has 0 saturated carbocycles. The lowest BCUT2D eigenvalue weighted by molar-refractivity contribution is 0.172. The highest BCUT2D eigenvalue weighted by molar-refractivity contribution is 5.35. The maximum Gasteiger partial charge on any atom is 0.234 e. The maximum absolute atomic E-state index is 13.6. The zero-order chi connectivity index (χ0) is 17.6. The number of hydrogen-bond donors (Lipinski definition) is 1. The van der Waals surface area contributed by atoms with Crippen LogP contribution in [0, 0.1) is 19.7 Å². The summed E-state index contributed by atoms with van der Waals surface area (Å²) in [5, 5.41) is 10.2. The minimum atomic E-state index is -0.408. The van der Waals surface area contributed by atoms with Crippen molar-refractivity contribution >= 4 is 5.78 Å². The molecule has 3 heterocycles. The Kier molecular flexibility index (Phi) is 4.01. The number of rotatable bonds is 3. The van der Waals surface area contributed by atoms with E-state index in [0.29, 0.717) is 25.3 Å². The number of nitrogens with zero attached hydrogens (tertiary/aromatic N) is 4. The monoisotopic (exact) mass is 340 g/mol. The van der Waals surface area contributed by atoms with E-state index in [4.69, 9.17) is 0 Å². The van der Waals surface area contributed by atoms with E-state index in [9.17, 15) is 9.50 Å². The van der Waals surface area contributed by atoms with Gasteiger partial charge in [-0.2, -0.15) is 0 Å². The maximum atomic E-state index is 13.6. The first kappa shape index (κ1) is 16.2. The molecule has 0 radical (unpaired) electrons. The predicted molar refractivity (Wildman–Crippen MR) is 92.6 cm³/mol. The fraction of sp³-hybridized carbons (Fsp3) is 0.368. The molecule has 0 spiro atoms. The SMILES string of the molecule is Cc1cc(C)n2c(CN3CC(O)CC3c3cccc(F)c3)cnc2n1. The fourth-order valence-electron chi connectivity index (χ4n) is 3.83. The quantitative estimate of drug-likeness (QED) is 0.797. The number of fused-ring (bicyclic) bond motifs is 1. The number of aliphatic hydroxyl groups excluding tert-OH is 1. The molecule has 25 heavy (non-hydrogen) atoms. The van der Waals surface area contributed by atoms with E-state index in [0.717, 1.165) is 22.6 Å². The van der Waals surface area contributed by atoms with Gasteiger partial charge in [0.1, 0.15) is 5.82 Å². The van der Waals surface area contributed by atoms with E-state index in [2.05, 4.69) is 14.9 Å². The highest BCUT2D eigenvalue weighted by Crippen LogP contribution is 2.33. The zero-order valence-corrected chi connectivity index (χ0v) is 14.4. The number of hydrogen-bond acceptors (Lipinski definition) is 4. The van der Waals surface area contributed by atoms with Crippen LogP contribution in [0.3, 0.4) is 0 Å². The third kappa shape index (κ3) is 3.03. The number of halogens is 1. The summed E-state index contributed by atoms with van der Waals surface area (Å²) in [6.07, 6.45) is 2.03. The average molecular weight is 340 g/mol.